The number of carbonyl (C=O) groups is 1. The van der Waals surface area contributed by atoms with Gasteiger partial charge in [-0.1, -0.05) is 18.2 Å². The molecule has 1 amide bonds. The van der Waals surface area contributed by atoms with Crippen LogP contribution in [0.2, 0.25) is 0 Å². The molecule has 0 radical (unpaired) electrons. The monoisotopic (exact) mass is 371 g/mol. The number of likely N-dealkylation sites (N-methyl/N-ethyl adjacent to an activating group) is 1. The van der Waals surface area contributed by atoms with E-state index in [9.17, 15) is 9.90 Å². The Morgan fingerprint density at radius 3 is 2.96 bits per heavy atom. The molecule has 0 spiro atoms. The highest BCUT2D eigenvalue weighted by molar-refractivity contribution is 5.82. The Hall–Kier alpha value is -2.45. The van der Waals surface area contributed by atoms with Crippen LogP contribution in [0, 0.1) is 0 Å². The smallest absolute Gasteiger partial charge is 0.407 e. The van der Waals surface area contributed by atoms with Gasteiger partial charge in [-0.3, -0.25) is 4.90 Å². The maximum absolute atomic E-state index is 11.7. The van der Waals surface area contributed by atoms with E-state index >= 15 is 0 Å². The number of fused-ring (bicyclic) bond motifs is 1. The molecule has 0 saturated carbocycles. The number of hydrogen-bond acceptors (Lipinski definition) is 6. The molecule has 3 heterocycles. The summed E-state index contributed by atoms with van der Waals surface area (Å²) in [5.41, 5.74) is 1.47. The molecule has 2 N–H and O–H groups in total. The van der Waals surface area contributed by atoms with Gasteiger partial charge in [0.25, 0.3) is 0 Å². The second kappa shape index (κ2) is 7.66. The van der Waals surface area contributed by atoms with Gasteiger partial charge in [-0.15, -0.1) is 0 Å². The van der Waals surface area contributed by atoms with E-state index < -0.39 is 6.09 Å². The summed E-state index contributed by atoms with van der Waals surface area (Å²) in [5, 5.41) is 13.7. The van der Waals surface area contributed by atoms with Crippen LogP contribution >= 0.6 is 0 Å². The van der Waals surface area contributed by atoms with Crippen LogP contribution < -0.4 is 10.1 Å². The van der Waals surface area contributed by atoms with Crippen molar-refractivity contribution >= 4 is 17.0 Å². The molecule has 2 aliphatic rings. The average molecular weight is 371 g/mol. The zero-order valence-electron chi connectivity index (χ0n) is 15.5. The predicted molar refractivity (Wildman–Crippen MR) is 101 cm³/mol. The van der Waals surface area contributed by atoms with Crippen LogP contribution in [0.5, 0.6) is 6.01 Å². The van der Waals surface area contributed by atoms with Crippen molar-refractivity contribution in [1.29, 1.82) is 0 Å². The number of rotatable bonds is 4. The Kier molecular flexibility index (Phi) is 5.09. The van der Waals surface area contributed by atoms with Crippen LogP contribution in [-0.2, 0) is 0 Å². The largest absolute Gasteiger partial charge is 0.465 e. The number of benzene rings is 1. The molecule has 8 heteroatoms. The van der Waals surface area contributed by atoms with Crippen molar-refractivity contribution in [1.82, 2.24) is 25.1 Å². The summed E-state index contributed by atoms with van der Waals surface area (Å²) >= 11 is 0. The molecular weight excluding hydrogens is 346 g/mol. The van der Waals surface area contributed by atoms with E-state index in [1.807, 2.05) is 24.3 Å². The molecule has 2 fully saturated rings. The lowest BCUT2D eigenvalue weighted by Crippen LogP contribution is -2.48. The topological polar surface area (TPSA) is 90.8 Å². The molecule has 2 aromatic rings. The Morgan fingerprint density at radius 2 is 2.19 bits per heavy atom. The molecule has 2 unspecified atom stereocenters. The number of carboxylic acid groups (broad SMARTS) is 1. The van der Waals surface area contributed by atoms with Crippen molar-refractivity contribution in [3.8, 4) is 6.01 Å². The fourth-order valence-electron chi connectivity index (χ4n) is 3.94. The molecule has 1 aromatic heterocycles. The number of nitrogens with one attached hydrogen (secondary N) is 1. The van der Waals surface area contributed by atoms with Crippen LogP contribution in [0.25, 0.3) is 10.9 Å². The molecule has 4 rings (SSSR count). The van der Waals surface area contributed by atoms with Crippen LogP contribution in [0.1, 0.15) is 24.6 Å². The number of nitrogens with zero attached hydrogens (tertiary/aromatic N) is 4. The van der Waals surface area contributed by atoms with Crippen LogP contribution in [-0.4, -0.2) is 76.8 Å². The van der Waals surface area contributed by atoms with Crippen LogP contribution in [0.4, 0.5) is 4.79 Å². The van der Waals surface area contributed by atoms with E-state index in [1.165, 1.54) is 11.3 Å². The molecule has 1 aromatic carbocycles. The maximum atomic E-state index is 11.7. The van der Waals surface area contributed by atoms with Crippen molar-refractivity contribution in [2.24, 2.45) is 0 Å². The van der Waals surface area contributed by atoms with Crippen molar-refractivity contribution < 1.29 is 14.6 Å². The van der Waals surface area contributed by atoms with Crippen molar-refractivity contribution in [3.63, 3.8) is 0 Å². The summed E-state index contributed by atoms with van der Waals surface area (Å²) in [6, 6.07) is 8.02. The molecule has 27 heavy (non-hydrogen) atoms. The van der Waals surface area contributed by atoms with Gasteiger partial charge < -0.3 is 20.1 Å². The standard InChI is InChI=1S/C19H25N5O3/c1-23-9-4-5-13(23)12-27-18-21-15-7-3-2-6-14(15)17(22-18)16-11-20-8-10-24(16)19(25)26/h2-3,6-7,13,16,20H,4-5,8-12H2,1H3,(H,25,26). The zero-order chi connectivity index (χ0) is 18.8. The fraction of sp³-hybridized carbons (Fsp3) is 0.526. The summed E-state index contributed by atoms with van der Waals surface area (Å²) in [4.78, 5) is 24.6. The molecule has 2 saturated heterocycles. The first-order valence-corrected chi connectivity index (χ1v) is 9.43. The van der Waals surface area contributed by atoms with Crippen molar-refractivity contribution in [3.05, 3.63) is 30.0 Å². The molecule has 2 atom stereocenters. The van der Waals surface area contributed by atoms with Crippen molar-refractivity contribution in [2.75, 3.05) is 39.8 Å². The summed E-state index contributed by atoms with van der Waals surface area (Å²) < 4.78 is 5.95. The highest BCUT2D eigenvalue weighted by Crippen LogP contribution is 2.29. The number of amides is 1. The molecule has 144 valence electrons. The minimum atomic E-state index is -0.931. The number of piperazine rings is 1. The lowest BCUT2D eigenvalue weighted by molar-refractivity contribution is 0.111. The summed E-state index contributed by atoms with van der Waals surface area (Å²) in [6.07, 6.45) is 1.35. The fourth-order valence-corrected chi connectivity index (χ4v) is 3.94. The number of ether oxygens (including phenoxy) is 1. The third-order valence-electron chi connectivity index (χ3n) is 5.49. The predicted octanol–water partition coefficient (Wildman–Crippen LogP) is 1.73. The Labute approximate surface area is 158 Å². The van der Waals surface area contributed by atoms with Crippen LogP contribution in [0.3, 0.4) is 0 Å². The lowest BCUT2D eigenvalue weighted by Gasteiger charge is -2.34. The van der Waals surface area contributed by atoms with Gasteiger partial charge in [-0.2, -0.15) is 9.97 Å². The first kappa shape index (κ1) is 17.9. The van der Waals surface area contributed by atoms with Gasteiger partial charge in [-0.25, -0.2) is 4.79 Å². The molecule has 2 aliphatic heterocycles. The van der Waals surface area contributed by atoms with Gasteiger partial charge in [0.2, 0.25) is 0 Å². The number of aromatic nitrogens is 2. The summed E-state index contributed by atoms with van der Waals surface area (Å²) in [6.45, 7) is 3.22. The normalized spacial score (nSPS) is 23.7. The molecule has 0 aliphatic carbocycles. The van der Waals surface area contributed by atoms with Gasteiger partial charge in [0.1, 0.15) is 6.61 Å². The van der Waals surface area contributed by atoms with Gasteiger partial charge in [0, 0.05) is 31.1 Å². The molecular formula is C19H25N5O3. The minimum absolute atomic E-state index is 0.319. The maximum Gasteiger partial charge on any atom is 0.407 e. The Balaban J connectivity index is 1.67. The lowest BCUT2D eigenvalue weighted by atomic mass is 10.0. The van der Waals surface area contributed by atoms with E-state index in [1.54, 1.807) is 0 Å². The van der Waals surface area contributed by atoms with Gasteiger partial charge >= 0.3 is 12.1 Å². The number of likely N-dealkylation sites (tertiary alicyclic amines) is 1. The molecule has 8 nitrogen and oxygen atoms in total. The van der Waals surface area contributed by atoms with Gasteiger partial charge in [0.05, 0.1) is 17.3 Å². The van der Waals surface area contributed by atoms with E-state index in [0.29, 0.717) is 44.0 Å². The third kappa shape index (κ3) is 3.68. The van der Waals surface area contributed by atoms with Gasteiger partial charge in [-0.05, 0) is 32.5 Å². The van der Waals surface area contributed by atoms with E-state index in [2.05, 4.69) is 27.2 Å². The highest BCUT2D eigenvalue weighted by Gasteiger charge is 2.31. The SMILES string of the molecule is CN1CCCC1COc1nc(C2CNCCN2C(=O)O)c2ccccc2n1. The second-order valence-electron chi connectivity index (χ2n) is 7.19. The number of hydrogen-bond donors (Lipinski definition) is 2. The van der Waals surface area contributed by atoms with E-state index in [0.717, 1.165) is 23.9 Å². The Bertz CT molecular complexity index is 830. The molecule has 0 bridgehead atoms. The van der Waals surface area contributed by atoms with Gasteiger partial charge in [0.15, 0.2) is 0 Å². The van der Waals surface area contributed by atoms with E-state index in [4.69, 9.17) is 4.74 Å². The number of para-hydroxylation sites is 1. The highest BCUT2D eigenvalue weighted by atomic mass is 16.5. The minimum Gasteiger partial charge on any atom is -0.465 e. The quantitative estimate of drug-likeness (QED) is 0.846. The first-order valence-electron chi connectivity index (χ1n) is 9.43. The summed E-state index contributed by atoms with van der Waals surface area (Å²) in [7, 11) is 2.10. The third-order valence-corrected chi connectivity index (χ3v) is 5.49. The second-order valence-corrected chi connectivity index (χ2v) is 7.19. The van der Waals surface area contributed by atoms with Crippen LogP contribution in [0.15, 0.2) is 24.3 Å². The first-order chi connectivity index (χ1) is 13.1. The van der Waals surface area contributed by atoms with E-state index in [-0.39, 0.29) is 6.04 Å². The summed E-state index contributed by atoms with van der Waals surface area (Å²) in [5.74, 6) is 0. The zero-order valence-corrected chi connectivity index (χ0v) is 15.5. The average Bonchev–Trinajstić information content (AvgIpc) is 3.10. The Morgan fingerprint density at radius 1 is 1.33 bits per heavy atom. The van der Waals surface area contributed by atoms with Crippen molar-refractivity contribution in [2.45, 2.75) is 24.9 Å².